The van der Waals surface area contributed by atoms with E-state index in [9.17, 15) is 21.6 Å². The summed E-state index contributed by atoms with van der Waals surface area (Å²) < 4.78 is 64.7. The second-order valence-electron chi connectivity index (χ2n) is 4.70. The first-order chi connectivity index (χ1) is 9.22. The highest BCUT2D eigenvalue weighted by atomic mass is 79.9. The molecule has 1 aromatic rings. The van der Waals surface area contributed by atoms with Gasteiger partial charge in [-0.15, -0.1) is 0 Å². The minimum absolute atomic E-state index is 0.0460. The molecule has 2 rings (SSSR count). The molecule has 112 valence electrons. The van der Waals surface area contributed by atoms with Crippen molar-refractivity contribution in [1.29, 1.82) is 0 Å². The first kappa shape index (κ1) is 15.8. The van der Waals surface area contributed by atoms with Crippen molar-refractivity contribution in [3.05, 3.63) is 29.8 Å². The van der Waals surface area contributed by atoms with Crippen molar-refractivity contribution in [2.45, 2.75) is 28.7 Å². The molecule has 8 heteroatoms. The molecule has 1 N–H and O–H groups in total. The number of rotatable bonds is 5. The van der Waals surface area contributed by atoms with Crippen LogP contribution in [0.2, 0.25) is 0 Å². The molecule has 1 unspecified atom stereocenters. The Hall–Kier alpha value is -0.600. The second kappa shape index (κ2) is 5.65. The molecule has 0 aliphatic heterocycles. The zero-order chi connectivity index (χ0) is 15.0. The molecule has 3 nitrogen and oxygen atoms in total. The molecule has 1 aliphatic rings. The smallest absolute Gasteiger partial charge is 0.210 e. The predicted octanol–water partition coefficient (Wildman–Crippen LogP) is 3.16. The van der Waals surface area contributed by atoms with Crippen LogP contribution in [-0.4, -0.2) is 19.8 Å². The van der Waals surface area contributed by atoms with Crippen LogP contribution >= 0.6 is 15.9 Å². The van der Waals surface area contributed by atoms with Crippen LogP contribution in [0.5, 0.6) is 0 Å². The fourth-order valence-electron chi connectivity index (χ4n) is 1.83. The van der Waals surface area contributed by atoms with Crippen molar-refractivity contribution in [2.75, 3.05) is 6.54 Å². The Kier molecular flexibility index (Phi) is 4.46. The van der Waals surface area contributed by atoms with Crippen molar-refractivity contribution < 1.29 is 21.6 Å². The van der Waals surface area contributed by atoms with E-state index in [1.54, 1.807) is 0 Å². The number of benzene rings is 1. The Labute approximate surface area is 123 Å². The van der Waals surface area contributed by atoms with Gasteiger partial charge in [-0.05, 0) is 30.9 Å². The molecule has 0 heterocycles. The number of sulfonamides is 1. The molecular weight excluding hydrogens is 359 g/mol. The van der Waals surface area contributed by atoms with Crippen molar-refractivity contribution >= 4 is 26.0 Å². The summed E-state index contributed by atoms with van der Waals surface area (Å²) in [7, 11) is -4.17. The van der Waals surface area contributed by atoms with Crippen molar-refractivity contribution in [2.24, 2.45) is 5.92 Å². The first-order valence-electron chi connectivity index (χ1n) is 6.02. The fourth-order valence-corrected chi connectivity index (χ4v) is 4.02. The van der Waals surface area contributed by atoms with Gasteiger partial charge in [-0.25, -0.2) is 13.1 Å². The predicted molar refractivity (Wildman–Crippen MR) is 72.1 cm³/mol. The van der Waals surface area contributed by atoms with E-state index in [-0.39, 0.29) is 11.4 Å². The minimum Gasteiger partial charge on any atom is -0.210 e. The maximum atomic E-state index is 12.8. The van der Waals surface area contributed by atoms with E-state index in [2.05, 4.69) is 20.7 Å². The van der Waals surface area contributed by atoms with Gasteiger partial charge in [-0.1, -0.05) is 28.1 Å². The molecule has 0 bridgehead atoms. The van der Waals surface area contributed by atoms with E-state index >= 15 is 0 Å². The van der Waals surface area contributed by atoms with Crippen LogP contribution in [0.15, 0.2) is 29.2 Å². The number of alkyl halides is 4. The van der Waals surface area contributed by atoms with Crippen LogP contribution in [0.1, 0.15) is 18.4 Å². The average Bonchev–Trinajstić information content (AvgIpc) is 3.19. The van der Waals surface area contributed by atoms with Gasteiger partial charge in [0.2, 0.25) is 10.0 Å². The lowest BCUT2D eigenvalue weighted by atomic mass is 10.2. The van der Waals surface area contributed by atoms with E-state index in [1.165, 1.54) is 12.1 Å². The molecule has 1 saturated carbocycles. The Balaban J connectivity index is 2.20. The van der Waals surface area contributed by atoms with Crippen LogP contribution in [0.4, 0.5) is 13.2 Å². The number of halogens is 4. The third-order valence-corrected chi connectivity index (χ3v) is 5.64. The Bertz CT molecular complexity index is 585. The van der Waals surface area contributed by atoms with Gasteiger partial charge in [0.25, 0.3) is 0 Å². The second-order valence-corrected chi connectivity index (χ2v) is 7.61. The van der Waals surface area contributed by atoms with Crippen molar-refractivity contribution in [3.8, 4) is 0 Å². The highest BCUT2D eigenvalue weighted by Gasteiger charge is 2.37. The summed E-state index contributed by atoms with van der Waals surface area (Å²) in [5, 5.41) is 0. The van der Waals surface area contributed by atoms with Gasteiger partial charge >= 0.3 is 6.18 Å². The van der Waals surface area contributed by atoms with Gasteiger partial charge in [-0.2, -0.15) is 13.2 Å². The molecule has 1 fully saturated rings. The molecule has 0 aromatic heterocycles. The van der Waals surface area contributed by atoms with Crippen LogP contribution in [0.25, 0.3) is 0 Å². The van der Waals surface area contributed by atoms with E-state index in [1.807, 2.05) is 0 Å². The van der Waals surface area contributed by atoms with E-state index in [4.69, 9.17) is 0 Å². The number of hydrogen-bond donors (Lipinski definition) is 1. The zero-order valence-corrected chi connectivity index (χ0v) is 12.7. The molecule has 20 heavy (non-hydrogen) atoms. The zero-order valence-electron chi connectivity index (χ0n) is 10.3. The van der Waals surface area contributed by atoms with E-state index in [0.717, 1.165) is 25.0 Å². The molecule has 0 saturated heterocycles. The first-order valence-corrected chi connectivity index (χ1v) is 8.41. The Morgan fingerprint density at radius 3 is 2.45 bits per heavy atom. The van der Waals surface area contributed by atoms with Gasteiger partial charge in [-0.3, -0.25) is 0 Å². The standard InChI is InChI=1S/C12H13BrF3NO2S/c13-10(8-5-6-8)7-17-20(18,19)11-4-2-1-3-9(11)12(14,15)16/h1-4,8,10,17H,5-7H2. The fraction of sp³-hybridized carbons (Fsp3) is 0.500. The van der Waals surface area contributed by atoms with Gasteiger partial charge in [0.15, 0.2) is 0 Å². The van der Waals surface area contributed by atoms with Crippen LogP contribution in [-0.2, 0) is 16.2 Å². The molecule has 0 radical (unpaired) electrons. The summed E-state index contributed by atoms with van der Waals surface area (Å²) in [6.45, 7) is 0.0825. The summed E-state index contributed by atoms with van der Waals surface area (Å²) >= 11 is 3.34. The minimum atomic E-state index is -4.70. The molecule has 1 aliphatic carbocycles. The molecule has 0 spiro atoms. The largest absolute Gasteiger partial charge is 0.417 e. The monoisotopic (exact) mass is 371 g/mol. The van der Waals surface area contributed by atoms with Gasteiger partial charge in [0, 0.05) is 11.4 Å². The molecular formula is C12H13BrF3NO2S. The highest BCUT2D eigenvalue weighted by Crippen LogP contribution is 2.37. The molecule has 1 atom stereocenters. The lowest BCUT2D eigenvalue weighted by Crippen LogP contribution is -2.31. The molecule has 1 aromatic carbocycles. The maximum absolute atomic E-state index is 12.8. The summed E-state index contributed by atoms with van der Waals surface area (Å²) in [6, 6.07) is 4.17. The number of nitrogens with one attached hydrogen (secondary N) is 1. The van der Waals surface area contributed by atoms with Crippen LogP contribution in [0.3, 0.4) is 0 Å². The third-order valence-electron chi connectivity index (χ3n) is 3.08. The number of hydrogen-bond acceptors (Lipinski definition) is 2. The Morgan fingerprint density at radius 2 is 1.90 bits per heavy atom. The SMILES string of the molecule is O=S(=O)(NCC(Br)C1CC1)c1ccccc1C(F)(F)F. The Morgan fingerprint density at radius 1 is 1.30 bits per heavy atom. The summed E-state index contributed by atoms with van der Waals surface area (Å²) in [4.78, 5) is -0.779. The summed E-state index contributed by atoms with van der Waals surface area (Å²) in [6.07, 6.45) is -2.68. The van der Waals surface area contributed by atoms with Crippen molar-refractivity contribution in [1.82, 2.24) is 4.72 Å². The van der Waals surface area contributed by atoms with Crippen LogP contribution in [0, 0.1) is 5.92 Å². The van der Waals surface area contributed by atoms with Crippen LogP contribution < -0.4 is 4.72 Å². The van der Waals surface area contributed by atoms with Gasteiger partial charge in [0.05, 0.1) is 10.5 Å². The van der Waals surface area contributed by atoms with Gasteiger partial charge in [0.1, 0.15) is 0 Å². The average molecular weight is 372 g/mol. The highest BCUT2D eigenvalue weighted by molar-refractivity contribution is 9.09. The lowest BCUT2D eigenvalue weighted by molar-refractivity contribution is -0.139. The summed E-state index contributed by atoms with van der Waals surface area (Å²) in [5.74, 6) is 0.399. The maximum Gasteiger partial charge on any atom is 0.417 e. The van der Waals surface area contributed by atoms with E-state index in [0.29, 0.717) is 5.92 Å². The summed E-state index contributed by atoms with van der Waals surface area (Å²) in [5.41, 5.74) is -1.15. The van der Waals surface area contributed by atoms with Gasteiger partial charge < -0.3 is 0 Å². The topological polar surface area (TPSA) is 46.2 Å². The van der Waals surface area contributed by atoms with Crippen molar-refractivity contribution in [3.63, 3.8) is 0 Å². The molecule has 0 amide bonds. The quantitative estimate of drug-likeness (QED) is 0.808. The third kappa shape index (κ3) is 3.73. The van der Waals surface area contributed by atoms with E-state index < -0.39 is 26.7 Å². The normalized spacial score (nSPS) is 18.0. The lowest BCUT2D eigenvalue weighted by Gasteiger charge is -2.15.